The molecule has 0 radical (unpaired) electrons. The number of aromatic amines is 1. The van der Waals surface area contributed by atoms with Gasteiger partial charge in [0.05, 0.1) is 11.0 Å². The van der Waals surface area contributed by atoms with Gasteiger partial charge < -0.3 is 15.6 Å². The van der Waals surface area contributed by atoms with Gasteiger partial charge in [-0.25, -0.2) is 4.98 Å². The summed E-state index contributed by atoms with van der Waals surface area (Å²) in [5, 5.41) is 7.14. The van der Waals surface area contributed by atoms with E-state index in [0.717, 1.165) is 47.0 Å². The molecule has 25 heavy (non-hydrogen) atoms. The van der Waals surface area contributed by atoms with E-state index >= 15 is 0 Å². The molecule has 5 nitrogen and oxygen atoms in total. The number of aromatic nitrogens is 2. The number of benzene rings is 2. The zero-order chi connectivity index (χ0) is 17.1. The lowest BCUT2D eigenvalue weighted by Gasteiger charge is -2.27. The molecule has 3 aromatic rings. The number of hydrogen-bond donors (Lipinski definition) is 3. The van der Waals surface area contributed by atoms with Gasteiger partial charge in [0, 0.05) is 36.9 Å². The first-order chi connectivity index (χ1) is 12.3. The largest absolute Gasteiger partial charge is 0.352 e. The lowest BCUT2D eigenvalue weighted by atomic mass is 10.0. The summed E-state index contributed by atoms with van der Waals surface area (Å²) in [7, 11) is 0. The van der Waals surface area contributed by atoms with E-state index in [1.165, 1.54) is 0 Å². The Hall–Kier alpha value is -2.31. The molecular formula is C19H20N4OS. The zero-order valence-corrected chi connectivity index (χ0v) is 14.6. The Morgan fingerprint density at radius 3 is 2.76 bits per heavy atom. The number of amides is 1. The van der Waals surface area contributed by atoms with Gasteiger partial charge in [-0.05, 0) is 23.8 Å². The fourth-order valence-corrected chi connectivity index (χ4v) is 3.73. The van der Waals surface area contributed by atoms with Crippen molar-refractivity contribution < 1.29 is 4.79 Å². The van der Waals surface area contributed by atoms with Crippen LogP contribution in [-0.2, 0) is 5.75 Å². The Bertz CT molecular complexity index is 855. The van der Waals surface area contributed by atoms with Crippen molar-refractivity contribution in [2.45, 2.75) is 10.9 Å². The smallest absolute Gasteiger partial charge is 0.251 e. The van der Waals surface area contributed by atoms with Gasteiger partial charge >= 0.3 is 0 Å². The van der Waals surface area contributed by atoms with Crippen LogP contribution in [0.2, 0.25) is 0 Å². The van der Waals surface area contributed by atoms with E-state index in [0.29, 0.717) is 11.7 Å². The summed E-state index contributed by atoms with van der Waals surface area (Å²) in [6.07, 6.45) is 0. The number of imidazole rings is 1. The lowest BCUT2D eigenvalue weighted by molar-refractivity contribution is 0.0941. The molecule has 128 valence electrons. The van der Waals surface area contributed by atoms with Crippen LogP contribution in [0.15, 0.2) is 53.7 Å². The first kappa shape index (κ1) is 16.2. The number of H-pyrrole nitrogens is 1. The molecule has 0 saturated carbocycles. The van der Waals surface area contributed by atoms with Crippen molar-refractivity contribution in [2.75, 3.05) is 19.6 Å². The molecule has 1 aliphatic heterocycles. The quantitative estimate of drug-likeness (QED) is 0.597. The molecule has 0 aliphatic carbocycles. The first-order valence-corrected chi connectivity index (χ1v) is 9.42. The van der Waals surface area contributed by atoms with Gasteiger partial charge in [0.1, 0.15) is 0 Å². The number of carbonyl (C=O) groups excluding carboxylic acids is 1. The second-order valence-corrected chi connectivity index (χ2v) is 7.20. The van der Waals surface area contributed by atoms with Gasteiger partial charge in [-0.1, -0.05) is 42.1 Å². The Labute approximate surface area is 150 Å². The molecule has 3 N–H and O–H groups in total. The number of nitrogens with one attached hydrogen (secondary N) is 3. The summed E-state index contributed by atoms with van der Waals surface area (Å²) >= 11 is 1.61. The molecule has 2 heterocycles. The van der Waals surface area contributed by atoms with Crippen LogP contribution in [0.5, 0.6) is 0 Å². The third-order valence-corrected chi connectivity index (χ3v) is 5.33. The number of nitrogens with zero attached hydrogens (tertiary/aromatic N) is 1. The number of para-hydroxylation sites is 2. The van der Waals surface area contributed by atoms with E-state index in [-0.39, 0.29) is 5.91 Å². The lowest BCUT2D eigenvalue weighted by Crippen LogP contribution is -2.48. The first-order valence-electron chi connectivity index (χ1n) is 8.44. The van der Waals surface area contributed by atoms with E-state index in [4.69, 9.17) is 0 Å². The molecule has 1 aliphatic rings. The maximum absolute atomic E-state index is 12.5. The van der Waals surface area contributed by atoms with E-state index < -0.39 is 0 Å². The van der Waals surface area contributed by atoms with E-state index in [9.17, 15) is 4.79 Å². The van der Waals surface area contributed by atoms with Crippen molar-refractivity contribution in [3.8, 4) is 0 Å². The maximum Gasteiger partial charge on any atom is 0.251 e. The molecule has 2 aromatic carbocycles. The van der Waals surface area contributed by atoms with Crippen molar-refractivity contribution in [2.24, 2.45) is 5.92 Å². The Kier molecular flexibility index (Phi) is 4.72. The molecule has 0 bridgehead atoms. The number of fused-ring (bicyclic) bond motifs is 1. The fraction of sp³-hybridized carbons (Fsp3) is 0.263. The minimum absolute atomic E-state index is 0.00714. The van der Waals surface area contributed by atoms with Crippen LogP contribution in [-0.4, -0.2) is 35.5 Å². The predicted molar refractivity (Wildman–Crippen MR) is 101 cm³/mol. The second kappa shape index (κ2) is 7.29. The fourth-order valence-electron chi connectivity index (χ4n) is 2.84. The highest BCUT2D eigenvalue weighted by Gasteiger charge is 2.18. The van der Waals surface area contributed by atoms with Crippen LogP contribution in [0.3, 0.4) is 0 Å². The summed E-state index contributed by atoms with van der Waals surface area (Å²) in [5.41, 5.74) is 3.77. The molecule has 1 aromatic heterocycles. The molecule has 4 rings (SSSR count). The summed E-state index contributed by atoms with van der Waals surface area (Å²) in [6.45, 7) is 2.71. The molecule has 1 saturated heterocycles. The van der Waals surface area contributed by atoms with Crippen molar-refractivity contribution in [1.29, 1.82) is 0 Å². The van der Waals surface area contributed by atoms with Crippen LogP contribution in [0.25, 0.3) is 11.0 Å². The summed E-state index contributed by atoms with van der Waals surface area (Å²) in [4.78, 5) is 20.4. The van der Waals surface area contributed by atoms with Crippen molar-refractivity contribution in [1.82, 2.24) is 20.6 Å². The molecular weight excluding hydrogens is 332 g/mol. The van der Waals surface area contributed by atoms with Gasteiger partial charge in [0.15, 0.2) is 5.16 Å². The van der Waals surface area contributed by atoms with Crippen molar-refractivity contribution >= 4 is 28.7 Å². The summed E-state index contributed by atoms with van der Waals surface area (Å²) in [6, 6.07) is 15.8. The van der Waals surface area contributed by atoms with Crippen molar-refractivity contribution in [3.63, 3.8) is 0 Å². The monoisotopic (exact) mass is 352 g/mol. The number of hydrogen-bond acceptors (Lipinski definition) is 4. The molecule has 0 atom stereocenters. The average Bonchev–Trinajstić information content (AvgIpc) is 3.01. The topological polar surface area (TPSA) is 69.8 Å². The normalized spacial score (nSPS) is 14.4. The zero-order valence-electron chi connectivity index (χ0n) is 13.8. The highest BCUT2D eigenvalue weighted by atomic mass is 32.2. The SMILES string of the molecule is O=C(NCC1CNC1)c1ccccc1CSc1nc2ccccc2[nH]1. The van der Waals surface area contributed by atoms with Crippen LogP contribution >= 0.6 is 11.8 Å². The van der Waals surface area contributed by atoms with Crippen LogP contribution < -0.4 is 10.6 Å². The minimum Gasteiger partial charge on any atom is -0.352 e. The van der Waals surface area contributed by atoms with Crippen molar-refractivity contribution in [3.05, 3.63) is 59.7 Å². The van der Waals surface area contributed by atoms with Gasteiger partial charge in [0.2, 0.25) is 0 Å². The Morgan fingerprint density at radius 2 is 1.96 bits per heavy atom. The third kappa shape index (κ3) is 3.70. The Morgan fingerprint density at radius 1 is 1.16 bits per heavy atom. The molecule has 0 spiro atoms. The van der Waals surface area contributed by atoms with E-state index in [1.807, 2.05) is 48.5 Å². The van der Waals surface area contributed by atoms with Crippen LogP contribution in [0, 0.1) is 5.92 Å². The van der Waals surface area contributed by atoms with E-state index in [2.05, 4.69) is 20.6 Å². The number of carbonyl (C=O) groups is 1. The van der Waals surface area contributed by atoms with E-state index in [1.54, 1.807) is 11.8 Å². The van der Waals surface area contributed by atoms with Gasteiger partial charge in [-0.15, -0.1) is 0 Å². The summed E-state index contributed by atoms with van der Waals surface area (Å²) in [5.74, 6) is 1.27. The molecule has 1 amide bonds. The Balaban J connectivity index is 1.43. The van der Waals surface area contributed by atoms with Crippen LogP contribution in [0.4, 0.5) is 0 Å². The summed E-state index contributed by atoms with van der Waals surface area (Å²) < 4.78 is 0. The highest BCUT2D eigenvalue weighted by molar-refractivity contribution is 7.98. The average molecular weight is 352 g/mol. The predicted octanol–water partition coefficient (Wildman–Crippen LogP) is 2.80. The standard InChI is InChI=1S/C19H20N4OS/c24-18(21-11-13-9-20-10-13)15-6-2-1-5-14(15)12-25-19-22-16-7-3-4-8-17(16)23-19/h1-8,13,20H,9-12H2,(H,21,24)(H,22,23). The minimum atomic E-state index is 0.00714. The molecule has 6 heteroatoms. The van der Waals surface area contributed by atoms with Gasteiger partial charge in [0.25, 0.3) is 5.91 Å². The maximum atomic E-state index is 12.5. The second-order valence-electron chi connectivity index (χ2n) is 6.24. The van der Waals surface area contributed by atoms with Crippen LogP contribution in [0.1, 0.15) is 15.9 Å². The van der Waals surface area contributed by atoms with Gasteiger partial charge in [-0.2, -0.15) is 0 Å². The number of rotatable bonds is 6. The van der Waals surface area contributed by atoms with Gasteiger partial charge in [-0.3, -0.25) is 4.79 Å². The highest BCUT2D eigenvalue weighted by Crippen LogP contribution is 2.24. The number of thioether (sulfide) groups is 1. The molecule has 1 fully saturated rings. The molecule has 0 unspecified atom stereocenters. The third-order valence-electron chi connectivity index (χ3n) is 4.41.